The van der Waals surface area contributed by atoms with Crippen LogP contribution < -0.4 is 4.74 Å². The van der Waals surface area contributed by atoms with Gasteiger partial charge in [0.05, 0.1) is 13.2 Å². The minimum absolute atomic E-state index is 0.587. The third-order valence-electron chi connectivity index (χ3n) is 4.71. The summed E-state index contributed by atoms with van der Waals surface area (Å²) in [6.45, 7) is 5.51. The summed E-state index contributed by atoms with van der Waals surface area (Å²) in [5, 5.41) is 0. The zero-order valence-corrected chi connectivity index (χ0v) is 15.0. The quantitative estimate of drug-likeness (QED) is 0.655. The van der Waals surface area contributed by atoms with Crippen LogP contribution >= 0.6 is 0 Å². The zero-order valence-electron chi connectivity index (χ0n) is 15.0. The van der Waals surface area contributed by atoms with Gasteiger partial charge in [-0.3, -0.25) is 0 Å². The van der Waals surface area contributed by atoms with Gasteiger partial charge in [-0.25, -0.2) is 0 Å². The summed E-state index contributed by atoms with van der Waals surface area (Å²) in [6.07, 6.45) is 5.43. The molecule has 25 heavy (non-hydrogen) atoms. The van der Waals surface area contributed by atoms with Gasteiger partial charge in [0.1, 0.15) is 12.4 Å². The van der Waals surface area contributed by atoms with Crippen LogP contribution in [-0.2, 0) is 4.74 Å². The van der Waals surface area contributed by atoms with Gasteiger partial charge in [-0.05, 0) is 37.6 Å². The molecule has 0 unspecified atom stereocenters. The molecule has 3 rings (SSSR count). The van der Waals surface area contributed by atoms with Crippen LogP contribution in [0.2, 0.25) is 0 Å². The lowest BCUT2D eigenvalue weighted by Crippen LogP contribution is -2.29. The highest BCUT2D eigenvalue weighted by atomic mass is 16.5. The van der Waals surface area contributed by atoms with E-state index in [-0.39, 0.29) is 0 Å². The predicted molar refractivity (Wildman–Crippen MR) is 103 cm³/mol. The van der Waals surface area contributed by atoms with Gasteiger partial charge in [0.15, 0.2) is 0 Å². The van der Waals surface area contributed by atoms with E-state index >= 15 is 0 Å². The fourth-order valence-corrected chi connectivity index (χ4v) is 3.31. The molecule has 1 aliphatic heterocycles. The summed E-state index contributed by atoms with van der Waals surface area (Å²) in [4.78, 5) is 2.53. The van der Waals surface area contributed by atoms with E-state index < -0.39 is 0 Å². The van der Waals surface area contributed by atoms with Gasteiger partial charge < -0.3 is 14.4 Å². The molecular formula is C22H29NO2. The summed E-state index contributed by atoms with van der Waals surface area (Å²) >= 11 is 0. The first kappa shape index (κ1) is 18.0. The number of rotatable bonds is 8. The van der Waals surface area contributed by atoms with Crippen molar-refractivity contribution < 1.29 is 9.47 Å². The molecule has 1 aliphatic rings. The van der Waals surface area contributed by atoms with E-state index in [1.807, 2.05) is 24.3 Å². The lowest BCUT2D eigenvalue weighted by Gasteiger charge is -2.19. The summed E-state index contributed by atoms with van der Waals surface area (Å²) in [6, 6.07) is 18.6. The van der Waals surface area contributed by atoms with Crippen LogP contribution in [0.3, 0.4) is 0 Å². The molecule has 0 saturated carbocycles. The molecule has 0 N–H and O–H groups in total. The fourth-order valence-electron chi connectivity index (χ4n) is 3.31. The Bertz CT molecular complexity index is 606. The Hall–Kier alpha value is -1.84. The molecule has 134 valence electrons. The van der Waals surface area contributed by atoms with E-state index in [4.69, 9.17) is 9.47 Å². The van der Waals surface area contributed by atoms with Gasteiger partial charge in [0.2, 0.25) is 0 Å². The Kier molecular flexibility index (Phi) is 7.34. The molecule has 1 fully saturated rings. The highest BCUT2D eigenvalue weighted by Gasteiger charge is 2.08. The first-order valence-corrected chi connectivity index (χ1v) is 9.51. The van der Waals surface area contributed by atoms with Crippen molar-refractivity contribution >= 4 is 0 Å². The third-order valence-corrected chi connectivity index (χ3v) is 4.71. The summed E-state index contributed by atoms with van der Waals surface area (Å²) in [5.74, 6) is 0.921. The first-order chi connectivity index (χ1) is 12.4. The maximum atomic E-state index is 5.97. The lowest BCUT2D eigenvalue weighted by atomic mass is 10.1. The second kappa shape index (κ2) is 10.2. The maximum Gasteiger partial charge on any atom is 0.127 e. The number of para-hydroxylation sites is 1. The molecule has 0 amide bonds. The topological polar surface area (TPSA) is 21.7 Å². The van der Waals surface area contributed by atoms with Crippen molar-refractivity contribution in [2.24, 2.45) is 0 Å². The van der Waals surface area contributed by atoms with E-state index in [0.717, 1.165) is 24.5 Å². The van der Waals surface area contributed by atoms with Gasteiger partial charge in [-0.1, -0.05) is 61.4 Å². The molecule has 2 aromatic rings. The van der Waals surface area contributed by atoms with Crippen LogP contribution in [-0.4, -0.2) is 44.4 Å². The Morgan fingerprint density at radius 3 is 2.24 bits per heavy atom. The normalized spacial score (nSPS) is 15.7. The average molecular weight is 339 g/mol. The summed E-state index contributed by atoms with van der Waals surface area (Å²) in [5.41, 5.74) is 2.31. The Labute approximate surface area is 151 Å². The second-order valence-electron chi connectivity index (χ2n) is 6.58. The van der Waals surface area contributed by atoms with E-state index in [9.17, 15) is 0 Å². The van der Waals surface area contributed by atoms with Gasteiger partial charge >= 0.3 is 0 Å². The van der Waals surface area contributed by atoms with Gasteiger partial charge in [0, 0.05) is 12.1 Å². The maximum absolute atomic E-state index is 5.97. The predicted octanol–water partition coefficient (Wildman–Crippen LogP) is 4.63. The van der Waals surface area contributed by atoms with E-state index in [2.05, 4.69) is 35.2 Å². The molecule has 0 bridgehead atoms. The SMILES string of the molecule is c1ccc(-c2ccccc2OCCOCCN2CCCCCC2)cc1. The molecular weight excluding hydrogens is 310 g/mol. The molecule has 2 aromatic carbocycles. The monoisotopic (exact) mass is 339 g/mol. The van der Waals surface area contributed by atoms with Crippen LogP contribution in [0.15, 0.2) is 54.6 Å². The number of benzene rings is 2. The van der Waals surface area contributed by atoms with Gasteiger partial charge in [0.25, 0.3) is 0 Å². The highest BCUT2D eigenvalue weighted by molar-refractivity contribution is 5.70. The molecule has 0 radical (unpaired) electrons. The zero-order chi connectivity index (χ0) is 17.2. The summed E-state index contributed by atoms with van der Waals surface area (Å²) in [7, 11) is 0. The molecule has 1 saturated heterocycles. The van der Waals surface area contributed by atoms with Gasteiger partial charge in [-0.15, -0.1) is 0 Å². The van der Waals surface area contributed by atoms with Crippen LogP contribution in [0.4, 0.5) is 0 Å². The Morgan fingerprint density at radius 1 is 0.720 bits per heavy atom. The Balaban J connectivity index is 1.39. The molecule has 0 aliphatic carbocycles. The molecule has 0 spiro atoms. The second-order valence-corrected chi connectivity index (χ2v) is 6.58. The molecule has 0 aromatic heterocycles. The van der Waals surface area contributed by atoms with Crippen molar-refractivity contribution in [2.45, 2.75) is 25.7 Å². The fraction of sp³-hybridized carbons (Fsp3) is 0.455. The van der Waals surface area contributed by atoms with Crippen LogP contribution in [0.25, 0.3) is 11.1 Å². The van der Waals surface area contributed by atoms with E-state index in [1.165, 1.54) is 44.3 Å². The van der Waals surface area contributed by atoms with E-state index in [1.54, 1.807) is 0 Å². The van der Waals surface area contributed by atoms with Crippen molar-refractivity contribution in [3.05, 3.63) is 54.6 Å². The number of nitrogens with zero attached hydrogens (tertiary/aromatic N) is 1. The highest BCUT2D eigenvalue weighted by Crippen LogP contribution is 2.29. The molecule has 0 atom stereocenters. The van der Waals surface area contributed by atoms with Gasteiger partial charge in [-0.2, -0.15) is 0 Å². The van der Waals surface area contributed by atoms with Crippen LogP contribution in [0, 0.1) is 0 Å². The van der Waals surface area contributed by atoms with E-state index in [0.29, 0.717) is 13.2 Å². The third kappa shape index (κ3) is 5.87. The largest absolute Gasteiger partial charge is 0.491 e. The van der Waals surface area contributed by atoms with Crippen molar-refractivity contribution in [3.63, 3.8) is 0 Å². The molecule has 3 heteroatoms. The standard InChI is InChI=1S/C22H29NO2/c1-2-9-15-23(14-8-1)16-17-24-18-19-25-22-13-7-6-12-21(22)20-10-4-3-5-11-20/h3-7,10-13H,1-2,8-9,14-19H2. The van der Waals surface area contributed by atoms with Crippen molar-refractivity contribution in [1.82, 2.24) is 4.90 Å². The lowest BCUT2D eigenvalue weighted by molar-refractivity contribution is 0.0805. The number of hydrogen-bond acceptors (Lipinski definition) is 3. The minimum atomic E-state index is 0.587. The van der Waals surface area contributed by atoms with Crippen LogP contribution in [0.5, 0.6) is 5.75 Å². The molecule has 3 nitrogen and oxygen atoms in total. The summed E-state index contributed by atoms with van der Waals surface area (Å²) < 4.78 is 11.7. The minimum Gasteiger partial charge on any atom is -0.491 e. The smallest absolute Gasteiger partial charge is 0.127 e. The Morgan fingerprint density at radius 2 is 1.44 bits per heavy atom. The first-order valence-electron chi connectivity index (χ1n) is 9.51. The van der Waals surface area contributed by atoms with Crippen molar-refractivity contribution in [1.29, 1.82) is 0 Å². The number of hydrogen-bond donors (Lipinski definition) is 0. The van der Waals surface area contributed by atoms with Crippen LogP contribution in [0.1, 0.15) is 25.7 Å². The average Bonchev–Trinajstić information content (AvgIpc) is 2.94. The van der Waals surface area contributed by atoms with Crippen molar-refractivity contribution in [2.75, 3.05) is 39.5 Å². The number of likely N-dealkylation sites (tertiary alicyclic amines) is 1. The molecule has 1 heterocycles. The number of ether oxygens (including phenoxy) is 2. The van der Waals surface area contributed by atoms with Crippen molar-refractivity contribution in [3.8, 4) is 16.9 Å².